The number of sulfone groups is 1. The van der Waals surface area contributed by atoms with Gasteiger partial charge < -0.3 is 5.32 Å². The number of aryl methyl sites for hydroxylation is 1. The number of nitrogens with zero attached hydrogens (tertiary/aromatic N) is 1. The van der Waals surface area contributed by atoms with E-state index in [9.17, 15) is 8.42 Å². The Bertz CT molecular complexity index is 483. The average Bonchev–Trinajstić information content (AvgIpc) is 2.43. The van der Waals surface area contributed by atoms with Gasteiger partial charge in [0.2, 0.25) is 0 Å². The van der Waals surface area contributed by atoms with Crippen molar-refractivity contribution in [1.29, 1.82) is 0 Å². The summed E-state index contributed by atoms with van der Waals surface area (Å²) in [5.74, 6) is 0.499. The lowest BCUT2D eigenvalue weighted by Crippen LogP contribution is -2.23. The van der Waals surface area contributed by atoms with Crippen molar-refractivity contribution in [2.45, 2.75) is 46.1 Å². The summed E-state index contributed by atoms with van der Waals surface area (Å²) < 4.78 is 23.1. The molecule has 1 heterocycles. The average molecular weight is 298 g/mol. The number of aromatic nitrogens is 1. The zero-order valence-corrected chi connectivity index (χ0v) is 13.5. The van der Waals surface area contributed by atoms with Crippen molar-refractivity contribution < 1.29 is 8.42 Å². The molecule has 1 N–H and O–H groups in total. The van der Waals surface area contributed by atoms with E-state index in [0.717, 1.165) is 30.6 Å². The minimum atomic E-state index is -2.87. The third kappa shape index (κ3) is 6.01. The number of hydrogen-bond acceptors (Lipinski definition) is 4. The van der Waals surface area contributed by atoms with Gasteiger partial charge in [0.1, 0.15) is 9.84 Å². The Morgan fingerprint density at radius 1 is 1.30 bits per heavy atom. The van der Waals surface area contributed by atoms with Crippen molar-refractivity contribution in [3.05, 3.63) is 29.6 Å². The van der Waals surface area contributed by atoms with E-state index >= 15 is 0 Å². The summed E-state index contributed by atoms with van der Waals surface area (Å²) >= 11 is 0. The molecule has 4 nitrogen and oxygen atoms in total. The zero-order chi connectivity index (χ0) is 15.0. The van der Waals surface area contributed by atoms with E-state index in [4.69, 9.17) is 0 Å². The van der Waals surface area contributed by atoms with Crippen LogP contribution in [0.3, 0.4) is 0 Å². The smallest absolute Gasteiger partial charge is 0.150 e. The van der Waals surface area contributed by atoms with Crippen LogP contribution in [0.5, 0.6) is 0 Å². The maximum Gasteiger partial charge on any atom is 0.150 e. The second kappa shape index (κ2) is 8.37. The zero-order valence-electron chi connectivity index (χ0n) is 12.7. The summed E-state index contributed by atoms with van der Waals surface area (Å²) in [6.07, 6.45) is 4.45. The molecule has 20 heavy (non-hydrogen) atoms. The molecule has 0 aliphatic carbocycles. The molecule has 0 saturated carbocycles. The summed E-state index contributed by atoms with van der Waals surface area (Å²) in [4.78, 5) is 4.32. The third-order valence-corrected chi connectivity index (χ3v) is 5.16. The second-order valence-corrected chi connectivity index (χ2v) is 7.59. The topological polar surface area (TPSA) is 59.1 Å². The first-order valence-corrected chi connectivity index (χ1v) is 9.17. The van der Waals surface area contributed by atoms with E-state index in [1.54, 1.807) is 6.92 Å². The molecule has 0 aliphatic rings. The first kappa shape index (κ1) is 17.1. The number of rotatable bonds is 9. The summed E-state index contributed by atoms with van der Waals surface area (Å²) in [6, 6.07) is 4.26. The summed E-state index contributed by atoms with van der Waals surface area (Å²) in [6.45, 7) is 6.72. The van der Waals surface area contributed by atoms with Gasteiger partial charge in [-0.2, -0.15) is 0 Å². The Morgan fingerprint density at radius 2 is 2.05 bits per heavy atom. The van der Waals surface area contributed by atoms with Gasteiger partial charge in [0.25, 0.3) is 0 Å². The van der Waals surface area contributed by atoms with Gasteiger partial charge in [0.05, 0.1) is 5.75 Å². The molecule has 0 spiro atoms. The largest absolute Gasteiger partial charge is 0.310 e. The van der Waals surface area contributed by atoms with Gasteiger partial charge in [-0.25, -0.2) is 8.42 Å². The molecule has 5 heteroatoms. The molecule has 0 bridgehead atoms. The second-order valence-electron chi connectivity index (χ2n) is 5.12. The Hall–Kier alpha value is -0.940. The minimum absolute atomic E-state index is 0.190. The highest BCUT2D eigenvalue weighted by molar-refractivity contribution is 7.91. The summed E-state index contributed by atoms with van der Waals surface area (Å²) in [5.41, 5.74) is 2.13. The highest BCUT2D eigenvalue weighted by atomic mass is 32.2. The molecule has 1 aromatic rings. The molecule has 0 fully saturated rings. The third-order valence-electron chi connectivity index (χ3n) is 3.37. The van der Waals surface area contributed by atoms with E-state index in [-0.39, 0.29) is 17.5 Å². The maximum atomic E-state index is 11.5. The van der Waals surface area contributed by atoms with Crippen LogP contribution in [0.15, 0.2) is 18.3 Å². The van der Waals surface area contributed by atoms with Crippen LogP contribution in [-0.4, -0.2) is 31.5 Å². The maximum absolute atomic E-state index is 11.5. The molecule has 1 rings (SSSR count). The molecule has 1 atom stereocenters. The molecule has 1 aromatic heterocycles. The molecule has 0 radical (unpaired) electrons. The number of hydrogen-bond donors (Lipinski definition) is 1. The van der Waals surface area contributed by atoms with Crippen LogP contribution >= 0.6 is 0 Å². The monoisotopic (exact) mass is 298 g/mol. The van der Waals surface area contributed by atoms with Crippen LogP contribution < -0.4 is 5.32 Å². The fourth-order valence-electron chi connectivity index (χ4n) is 2.04. The number of nitrogens with one attached hydrogen (secondary N) is 1. The molecule has 1 unspecified atom stereocenters. The summed E-state index contributed by atoms with van der Waals surface area (Å²) in [5, 5.41) is 3.47. The van der Waals surface area contributed by atoms with E-state index in [0.29, 0.717) is 6.42 Å². The van der Waals surface area contributed by atoms with Gasteiger partial charge in [0.15, 0.2) is 0 Å². The van der Waals surface area contributed by atoms with E-state index in [2.05, 4.69) is 23.3 Å². The van der Waals surface area contributed by atoms with E-state index in [1.807, 2.05) is 19.2 Å². The Labute approximate surface area is 122 Å². The SMILES string of the molecule is CCCNC(CCCS(=O)(=O)CC)c1ccc(C)nc1. The standard InChI is InChI=1S/C15H26N2O2S/c1-4-10-16-15(7-6-11-20(18,19)5-2)14-9-8-13(3)17-12-14/h8-9,12,15-16H,4-7,10-11H2,1-3H3. The molecule has 0 amide bonds. The Kier molecular flexibility index (Phi) is 7.16. The van der Waals surface area contributed by atoms with Crippen LogP contribution in [0.25, 0.3) is 0 Å². The van der Waals surface area contributed by atoms with Gasteiger partial charge in [-0.1, -0.05) is 19.9 Å². The van der Waals surface area contributed by atoms with Gasteiger partial charge >= 0.3 is 0 Å². The van der Waals surface area contributed by atoms with E-state index in [1.165, 1.54) is 0 Å². The van der Waals surface area contributed by atoms with Crippen molar-refractivity contribution in [2.24, 2.45) is 0 Å². The minimum Gasteiger partial charge on any atom is -0.310 e. The highest BCUT2D eigenvalue weighted by Gasteiger charge is 2.13. The molecule has 114 valence electrons. The Balaban J connectivity index is 2.62. The van der Waals surface area contributed by atoms with Gasteiger partial charge in [-0.3, -0.25) is 4.98 Å². The van der Waals surface area contributed by atoms with Crippen molar-refractivity contribution in [3.63, 3.8) is 0 Å². The predicted octanol–water partition coefficient (Wildman–Crippen LogP) is 2.65. The highest BCUT2D eigenvalue weighted by Crippen LogP contribution is 2.18. The lowest BCUT2D eigenvalue weighted by molar-refractivity contribution is 0.491. The van der Waals surface area contributed by atoms with Crippen molar-refractivity contribution in [3.8, 4) is 0 Å². The van der Waals surface area contributed by atoms with E-state index < -0.39 is 9.84 Å². The number of pyridine rings is 1. The first-order valence-electron chi connectivity index (χ1n) is 7.35. The van der Waals surface area contributed by atoms with Gasteiger partial charge in [-0.15, -0.1) is 0 Å². The Morgan fingerprint density at radius 3 is 2.60 bits per heavy atom. The first-order chi connectivity index (χ1) is 9.48. The normalized spacial score (nSPS) is 13.3. The summed E-state index contributed by atoms with van der Waals surface area (Å²) in [7, 11) is -2.87. The lowest BCUT2D eigenvalue weighted by Gasteiger charge is -2.18. The molecule has 0 saturated heterocycles. The van der Waals surface area contributed by atoms with Crippen LogP contribution in [0, 0.1) is 6.92 Å². The predicted molar refractivity (Wildman–Crippen MR) is 83.6 cm³/mol. The molecular formula is C15H26N2O2S. The fourth-order valence-corrected chi connectivity index (χ4v) is 2.94. The van der Waals surface area contributed by atoms with Crippen LogP contribution in [0.2, 0.25) is 0 Å². The van der Waals surface area contributed by atoms with Gasteiger partial charge in [0, 0.05) is 23.7 Å². The molecule has 0 aliphatic heterocycles. The quantitative estimate of drug-likeness (QED) is 0.761. The van der Waals surface area contributed by atoms with Crippen LogP contribution in [-0.2, 0) is 9.84 Å². The van der Waals surface area contributed by atoms with Crippen molar-refractivity contribution in [2.75, 3.05) is 18.1 Å². The van der Waals surface area contributed by atoms with Crippen molar-refractivity contribution >= 4 is 9.84 Å². The molecule has 0 aromatic carbocycles. The van der Waals surface area contributed by atoms with Crippen LogP contribution in [0.1, 0.15) is 50.4 Å². The fraction of sp³-hybridized carbons (Fsp3) is 0.667. The lowest BCUT2D eigenvalue weighted by atomic mass is 10.0. The van der Waals surface area contributed by atoms with Crippen molar-refractivity contribution in [1.82, 2.24) is 10.3 Å². The van der Waals surface area contributed by atoms with Crippen LogP contribution in [0.4, 0.5) is 0 Å². The van der Waals surface area contributed by atoms with Gasteiger partial charge in [-0.05, 0) is 44.4 Å². The molecular weight excluding hydrogens is 272 g/mol.